The molecule has 13 heteroatoms. The summed E-state index contributed by atoms with van der Waals surface area (Å²) in [6.45, 7) is 0.0486. The summed E-state index contributed by atoms with van der Waals surface area (Å²) in [6, 6.07) is 6.39. The SMILES string of the molecule is COc1cc([C@@H]2c3cc4c(cc3[C@@H](Nc3nc(CC(=O)NO)cs3)C[C@@H]2C(=O)O)OCO4)cc(OC)c1O. The van der Waals surface area contributed by atoms with E-state index in [4.69, 9.17) is 24.2 Å². The lowest BCUT2D eigenvalue weighted by Crippen LogP contribution is -2.33. The smallest absolute Gasteiger partial charge is 0.307 e. The Kier molecular flexibility index (Phi) is 6.87. The van der Waals surface area contributed by atoms with Crippen LogP contribution >= 0.6 is 11.3 Å². The van der Waals surface area contributed by atoms with E-state index in [1.165, 1.54) is 25.6 Å². The molecule has 3 atom stereocenters. The molecule has 12 nitrogen and oxygen atoms in total. The molecule has 0 bridgehead atoms. The summed E-state index contributed by atoms with van der Waals surface area (Å²) in [5, 5.41) is 35.0. The van der Waals surface area contributed by atoms with Gasteiger partial charge in [0.05, 0.1) is 38.3 Å². The van der Waals surface area contributed by atoms with E-state index in [-0.39, 0.29) is 36.9 Å². The van der Waals surface area contributed by atoms with Crippen molar-refractivity contribution in [1.82, 2.24) is 10.5 Å². The number of carbonyl (C=O) groups is 2. The molecule has 0 unspecified atom stereocenters. The highest BCUT2D eigenvalue weighted by molar-refractivity contribution is 7.13. The number of carboxylic acids is 1. The zero-order valence-corrected chi connectivity index (χ0v) is 21.2. The highest BCUT2D eigenvalue weighted by Crippen LogP contribution is 2.52. The number of anilines is 1. The predicted octanol–water partition coefficient (Wildman–Crippen LogP) is 3.03. The average Bonchev–Trinajstić information content (AvgIpc) is 3.56. The number of aliphatic carboxylic acids is 1. The van der Waals surface area contributed by atoms with Crippen molar-refractivity contribution in [2.24, 2.45) is 5.92 Å². The molecule has 2 heterocycles. The quantitative estimate of drug-likeness (QED) is 0.209. The van der Waals surface area contributed by atoms with Crippen LogP contribution in [0.2, 0.25) is 0 Å². The number of nitrogens with one attached hydrogen (secondary N) is 2. The Morgan fingerprint density at radius 3 is 2.37 bits per heavy atom. The molecular formula is C25H25N3O9S. The highest BCUT2D eigenvalue weighted by atomic mass is 32.1. The van der Waals surface area contributed by atoms with Crippen LogP contribution in [0.25, 0.3) is 0 Å². The summed E-state index contributed by atoms with van der Waals surface area (Å²) in [5.41, 5.74) is 4.14. The van der Waals surface area contributed by atoms with Crippen LogP contribution in [0.4, 0.5) is 5.13 Å². The van der Waals surface area contributed by atoms with Gasteiger partial charge in [0.15, 0.2) is 28.1 Å². The fourth-order valence-electron chi connectivity index (χ4n) is 4.97. The van der Waals surface area contributed by atoms with E-state index in [9.17, 15) is 19.8 Å². The maximum Gasteiger partial charge on any atom is 0.307 e. The highest BCUT2D eigenvalue weighted by Gasteiger charge is 2.42. The summed E-state index contributed by atoms with van der Waals surface area (Å²) in [6.07, 6.45) is 0.100. The Balaban J connectivity index is 1.60. The number of hydrogen-bond donors (Lipinski definition) is 5. The Bertz CT molecular complexity index is 1370. The number of rotatable bonds is 8. The lowest BCUT2D eigenvalue weighted by Gasteiger charge is -2.37. The number of aromatic hydroxyl groups is 1. The molecule has 200 valence electrons. The number of hydroxylamine groups is 1. The number of hydrogen-bond acceptors (Lipinski definition) is 11. The second-order valence-corrected chi connectivity index (χ2v) is 9.68. The molecule has 0 radical (unpaired) electrons. The molecule has 5 rings (SSSR count). The van der Waals surface area contributed by atoms with E-state index in [0.717, 1.165) is 5.56 Å². The molecule has 2 aromatic carbocycles. The number of thiazole rings is 1. The Hall–Kier alpha value is -4.23. The molecule has 0 saturated carbocycles. The first-order valence-corrected chi connectivity index (χ1v) is 12.5. The monoisotopic (exact) mass is 543 g/mol. The molecule has 0 spiro atoms. The van der Waals surface area contributed by atoms with Crippen molar-refractivity contribution in [2.45, 2.75) is 24.8 Å². The Labute approximate surface area is 220 Å². The minimum Gasteiger partial charge on any atom is -0.502 e. The molecule has 1 aliphatic heterocycles. The Morgan fingerprint density at radius 1 is 1.11 bits per heavy atom. The van der Waals surface area contributed by atoms with Crippen LogP contribution < -0.4 is 29.7 Å². The van der Waals surface area contributed by atoms with Crippen LogP contribution in [0.15, 0.2) is 29.6 Å². The first kappa shape index (κ1) is 25.4. The van der Waals surface area contributed by atoms with Crippen molar-refractivity contribution >= 4 is 28.3 Å². The van der Waals surface area contributed by atoms with E-state index < -0.39 is 29.8 Å². The van der Waals surface area contributed by atoms with E-state index in [1.54, 1.807) is 29.1 Å². The van der Waals surface area contributed by atoms with E-state index in [1.807, 2.05) is 6.07 Å². The number of methoxy groups -OCH3 is 2. The average molecular weight is 544 g/mol. The first-order valence-electron chi connectivity index (χ1n) is 11.6. The van der Waals surface area contributed by atoms with E-state index >= 15 is 0 Å². The molecule has 5 N–H and O–H groups in total. The molecule has 2 aliphatic rings. The van der Waals surface area contributed by atoms with E-state index in [2.05, 4.69) is 10.3 Å². The third-order valence-electron chi connectivity index (χ3n) is 6.67. The summed E-state index contributed by atoms with van der Waals surface area (Å²) >= 11 is 1.27. The number of aromatic nitrogens is 1. The second kappa shape index (κ2) is 10.3. The van der Waals surface area contributed by atoms with Gasteiger partial charge >= 0.3 is 5.97 Å². The molecule has 3 aromatic rings. The summed E-state index contributed by atoms with van der Waals surface area (Å²) in [7, 11) is 2.82. The number of ether oxygens (including phenoxy) is 4. The summed E-state index contributed by atoms with van der Waals surface area (Å²) < 4.78 is 21.9. The third kappa shape index (κ3) is 4.61. The normalized spacial score (nSPS) is 19.4. The maximum absolute atomic E-state index is 12.6. The first-order chi connectivity index (χ1) is 18.3. The number of phenolic OH excluding ortho intramolecular Hbond substituents is 1. The standard InChI is InChI=1S/C25H25N3O9S/c1-34-19-3-11(4-20(35-2)23(19)30)22-14-8-18-17(36-10-37-18)7-13(14)16(6-15(22)24(31)32)27-25-26-12(9-38-25)5-21(29)28-33/h3-4,7-9,15-16,22,30,33H,5-6,10H2,1-2H3,(H,26,27)(H,28,29)(H,31,32)/t15-,16-,22+/m0/s1. The van der Waals surface area contributed by atoms with Crippen molar-refractivity contribution in [3.63, 3.8) is 0 Å². The molecular weight excluding hydrogens is 518 g/mol. The molecule has 1 amide bonds. The van der Waals surface area contributed by atoms with Gasteiger partial charge in [0, 0.05) is 11.3 Å². The second-order valence-electron chi connectivity index (χ2n) is 8.82. The Morgan fingerprint density at radius 2 is 1.76 bits per heavy atom. The summed E-state index contributed by atoms with van der Waals surface area (Å²) in [5.74, 6) is -1.91. The van der Waals surface area contributed by atoms with Crippen LogP contribution in [0.1, 0.15) is 40.8 Å². The van der Waals surface area contributed by atoms with Gasteiger partial charge in [-0.15, -0.1) is 11.3 Å². The van der Waals surface area contributed by atoms with Crippen LogP contribution in [-0.4, -0.2) is 53.3 Å². The number of phenols is 1. The fraction of sp³-hybridized carbons (Fsp3) is 0.320. The largest absolute Gasteiger partial charge is 0.502 e. The van der Waals surface area contributed by atoms with Crippen molar-refractivity contribution in [3.8, 4) is 28.7 Å². The van der Waals surface area contributed by atoms with Crippen molar-refractivity contribution < 1.29 is 44.0 Å². The minimum atomic E-state index is -1.00. The fourth-order valence-corrected chi connectivity index (χ4v) is 5.74. The maximum atomic E-state index is 12.6. The van der Waals surface area contributed by atoms with Crippen molar-refractivity contribution in [3.05, 3.63) is 52.0 Å². The van der Waals surface area contributed by atoms with Crippen LogP contribution in [0, 0.1) is 5.92 Å². The van der Waals surface area contributed by atoms with Gasteiger partial charge in [-0.3, -0.25) is 14.8 Å². The minimum absolute atomic E-state index is 0.0486. The molecule has 38 heavy (non-hydrogen) atoms. The van der Waals surface area contributed by atoms with Gasteiger partial charge in [0.2, 0.25) is 18.4 Å². The lowest BCUT2D eigenvalue weighted by atomic mass is 9.69. The van der Waals surface area contributed by atoms with Crippen molar-refractivity contribution in [1.29, 1.82) is 0 Å². The van der Waals surface area contributed by atoms with Gasteiger partial charge in [-0.05, 0) is 47.4 Å². The molecule has 0 saturated heterocycles. The van der Waals surface area contributed by atoms with Gasteiger partial charge in [0.25, 0.3) is 0 Å². The topological polar surface area (TPSA) is 169 Å². The van der Waals surface area contributed by atoms with Gasteiger partial charge in [-0.2, -0.15) is 0 Å². The van der Waals surface area contributed by atoms with Crippen molar-refractivity contribution in [2.75, 3.05) is 26.3 Å². The third-order valence-corrected chi connectivity index (χ3v) is 7.50. The van der Waals surface area contributed by atoms with Crippen LogP contribution in [-0.2, 0) is 16.0 Å². The number of nitrogens with zero attached hydrogens (tertiary/aromatic N) is 1. The number of benzene rings is 2. The molecule has 1 aliphatic carbocycles. The molecule has 0 fully saturated rings. The van der Waals surface area contributed by atoms with Gasteiger partial charge in [0.1, 0.15) is 0 Å². The predicted molar refractivity (Wildman–Crippen MR) is 133 cm³/mol. The van der Waals surface area contributed by atoms with E-state index in [0.29, 0.717) is 33.5 Å². The number of carbonyl (C=O) groups excluding carboxylic acids is 1. The van der Waals surface area contributed by atoms with Gasteiger partial charge in [-0.25, -0.2) is 10.5 Å². The lowest BCUT2D eigenvalue weighted by molar-refractivity contribution is -0.142. The number of amides is 1. The van der Waals surface area contributed by atoms with Gasteiger partial charge in [-0.1, -0.05) is 0 Å². The zero-order valence-electron chi connectivity index (χ0n) is 20.4. The summed E-state index contributed by atoms with van der Waals surface area (Å²) in [4.78, 5) is 28.6. The number of fused-ring (bicyclic) bond motifs is 2. The molecule has 1 aromatic heterocycles. The van der Waals surface area contributed by atoms with Crippen LogP contribution in [0.3, 0.4) is 0 Å². The van der Waals surface area contributed by atoms with Gasteiger partial charge < -0.3 is 34.5 Å². The number of carboxylic acid groups (broad SMARTS) is 1. The zero-order chi connectivity index (χ0) is 27.0. The van der Waals surface area contributed by atoms with Crippen LogP contribution in [0.5, 0.6) is 28.7 Å².